The van der Waals surface area contributed by atoms with Crippen LogP contribution < -0.4 is 0 Å². The van der Waals surface area contributed by atoms with Gasteiger partial charge in [0.2, 0.25) is 5.12 Å². The van der Waals surface area contributed by atoms with E-state index in [0.717, 1.165) is 15.7 Å². The highest BCUT2D eigenvalue weighted by Crippen LogP contribution is 2.32. The van der Waals surface area contributed by atoms with E-state index in [-0.39, 0.29) is 5.12 Å². The largest absolute Gasteiger partial charge is 0.279 e. The summed E-state index contributed by atoms with van der Waals surface area (Å²) in [6.45, 7) is 0. The first-order chi connectivity index (χ1) is 11.2. The van der Waals surface area contributed by atoms with Crippen molar-refractivity contribution in [2.45, 2.75) is 10.6 Å². The van der Waals surface area contributed by atoms with E-state index in [0.29, 0.717) is 5.70 Å². The molecule has 0 N–H and O–H groups in total. The van der Waals surface area contributed by atoms with E-state index in [1.165, 1.54) is 22.2 Å². The summed E-state index contributed by atoms with van der Waals surface area (Å²) in [5.74, 6) is 0.829. The van der Waals surface area contributed by atoms with E-state index in [1.54, 1.807) is 23.5 Å². The highest BCUT2D eigenvalue weighted by atomic mass is 32.2. The first kappa shape index (κ1) is 16.4. The second kappa shape index (κ2) is 7.90. The summed E-state index contributed by atoms with van der Waals surface area (Å²) in [7, 11) is 0. The second-order valence-corrected chi connectivity index (χ2v) is 7.91. The maximum atomic E-state index is 12.1. The molecule has 0 radical (unpaired) electrons. The molecule has 0 amide bonds. The molecule has 0 bridgehead atoms. The van der Waals surface area contributed by atoms with Crippen LogP contribution in [0, 0.1) is 0 Å². The molecule has 0 saturated carbocycles. The van der Waals surface area contributed by atoms with Gasteiger partial charge in [-0.3, -0.25) is 4.79 Å². The maximum absolute atomic E-state index is 12.1. The fraction of sp³-hybridized carbons (Fsp3) is 0.111. The topological polar surface area (TPSA) is 29.4 Å². The molecule has 0 saturated heterocycles. The third-order valence-corrected chi connectivity index (χ3v) is 6.05. The van der Waals surface area contributed by atoms with Gasteiger partial charge in [-0.15, -0.1) is 11.8 Å². The van der Waals surface area contributed by atoms with Crippen LogP contribution in [0.15, 0.2) is 70.2 Å². The lowest BCUT2D eigenvalue weighted by atomic mass is 10.2. The molecule has 116 valence electrons. The van der Waals surface area contributed by atoms with Crippen molar-refractivity contribution in [1.82, 2.24) is 0 Å². The van der Waals surface area contributed by atoms with Gasteiger partial charge in [-0.1, -0.05) is 54.2 Å². The Bertz CT molecular complexity index is 752. The summed E-state index contributed by atoms with van der Waals surface area (Å²) in [5, 5.41) is 0.0227. The Hall–Kier alpha value is -1.43. The summed E-state index contributed by atoms with van der Waals surface area (Å²) in [6, 6.07) is 18.4. The normalized spacial score (nSPS) is 16.0. The average Bonchev–Trinajstić information content (AvgIpc) is 2.94. The van der Waals surface area contributed by atoms with Gasteiger partial charge in [0.15, 0.2) is 0 Å². The van der Waals surface area contributed by atoms with Crippen molar-refractivity contribution in [1.29, 1.82) is 0 Å². The van der Waals surface area contributed by atoms with E-state index in [2.05, 4.69) is 29.3 Å². The molecule has 0 spiro atoms. The maximum Gasteiger partial charge on any atom is 0.244 e. The molecular formula is C18H15NOS3. The molecule has 1 aliphatic heterocycles. The number of aliphatic imine (C=N–C) groups is 1. The Kier molecular flexibility index (Phi) is 5.65. The van der Waals surface area contributed by atoms with Crippen molar-refractivity contribution in [3.05, 3.63) is 71.4 Å². The SMILES string of the molecule is CSc1ccc(/C=C2\N=C(SCc3ccccc3)SC2=O)cc1. The first-order valence-corrected chi connectivity index (χ1v) is 10.1. The molecule has 0 aromatic heterocycles. The predicted molar refractivity (Wildman–Crippen MR) is 104 cm³/mol. The minimum atomic E-state index is 0.0227. The molecule has 23 heavy (non-hydrogen) atoms. The zero-order valence-electron chi connectivity index (χ0n) is 12.6. The van der Waals surface area contributed by atoms with Crippen molar-refractivity contribution < 1.29 is 4.79 Å². The van der Waals surface area contributed by atoms with Gasteiger partial charge in [-0.05, 0) is 47.4 Å². The van der Waals surface area contributed by atoms with Gasteiger partial charge in [0, 0.05) is 10.6 Å². The standard InChI is InChI=1S/C18H15NOS3/c1-21-15-9-7-13(8-10-15)11-16-17(20)23-18(19-16)22-12-14-5-3-2-4-6-14/h2-11H,12H2,1H3/b16-11-. The van der Waals surface area contributed by atoms with Crippen LogP contribution in [0.1, 0.15) is 11.1 Å². The predicted octanol–water partition coefficient (Wildman–Crippen LogP) is 5.31. The Morgan fingerprint density at radius 3 is 2.52 bits per heavy atom. The van der Waals surface area contributed by atoms with E-state index < -0.39 is 0 Å². The van der Waals surface area contributed by atoms with E-state index in [9.17, 15) is 4.79 Å². The van der Waals surface area contributed by atoms with Gasteiger partial charge in [0.1, 0.15) is 10.1 Å². The molecule has 1 aliphatic rings. The third-order valence-electron chi connectivity index (χ3n) is 3.23. The number of carbonyl (C=O) groups excluding carboxylic acids is 1. The molecule has 3 rings (SSSR count). The van der Waals surface area contributed by atoms with Crippen LogP contribution in [0.4, 0.5) is 0 Å². The number of hydrogen-bond acceptors (Lipinski definition) is 5. The monoisotopic (exact) mass is 357 g/mol. The lowest BCUT2D eigenvalue weighted by Crippen LogP contribution is -1.88. The van der Waals surface area contributed by atoms with E-state index >= 15 is 0 Å². The number of benzene rings is 2. The lowest BCUT2D eigenvalue weighted by Gasteiger charge is -1.98. The van der Waals surface area contributed by atoms with Crippen molar-refractivity contribution >= 4 is 50.9 Å². The van der Waals surface area contributed by atoms with Gasteiger partial charge in [0.05, 0.1) is 0 Å². The van der Waals surface area contributed by atoms with E-state index in [4.69, 9.17) is 0 Å². The van der Waals surface area contributed by atoms with Crippen LogP contribution in [-0.2, 0) is 10.5 Å². The fourth-order valence-corrected chi connectivity index (χ4v) is 4.23. The minimum Gasteiger partial charge on any atom is -0.279 e. The van der Waals surface area contributed by atoms with Crippen LogP contribution in [0.25, 0.3) is 6.08 Å². The molecule has 0 fully saturated rings. The van der Waals surface area contributed by atoms with Gasteiger partial charge < -0.3 is 0 Å². The van der Waals surface area contributed by atoms with Crippen LogP contribution in [-0.4, -0.2) is 15.7 Å². The van der Waals surface area contributed by atoms with E-state index in [1.807, 2.05) is 42.7 Å². The van der Waals surface area contributed by atoms with Crippen LogP contribution in [0.5, 0.6) is 0 Å². The van der Waals surface area contributed by atoms with Gasteiger partial charge in [-0.2, -0.15) is 0 Å². The summed E-state index contributed by atoms with van der Waals surface area (Å²) < 4.78 is 0.825. The molecule has 0 unspecified atom stereocenters. The molecule has 2 nitrogen and oxygen atoms in total. The Labute approximate surface area is 148 Å². The van der Waals surface area contributed by atoms with Crippen molar-refractivity contribution in [3.63, 3.8) is 0 Å². The summed E-state index contributed by atoms with van der Waals surface area (Å²) in [6.07, 6.45) is 3.90. The third kappa shape index (κ3) is 4.53. The molecule has 1 heterocycles. The molecule has 0 atom stereocenters. The smallest absolute Gasteiger partial charge is 0.244 e. The minimum absolute atomic E-state index is 0.0227. The van der Waals surface area contributed by atoms with Crippen molar-refractivity contribution in [3.8, 4) is 0 Å². The molecule has 5 heteroatoms. The molecule has 0 aliphatic carbocycles. The highest BCUT2D eigenvalue weighted by Gasteiger charge is 2.22. The Balaban J connectivity index is 1.69. The highest BCUT2D eigenvalue weighted by molar-refractivity contribution is 8.45. The number of thioether (sulfide) groups is 3. The Morgan fingerprint density at radius 2 is 1.83 bits per heavy atom. The molecule has 2 aromatic rings. The zero-order valence-corrected chi connectivity index (χ0v) is 15.0. The number of carbonyl (C=O) groups is 1. The van der Waals surface area contributed by atoms with Crippen LogP contribution in [0.3, 0.4) is 0 Å². The number of hydrogen-bond donors (Lipinski definition) is 0. The molecule has 2 aromatic carbocycles. The quantitative estimate of drug-likeness (QED) is 0.548. The lowest BCUT2D eigenvalue weighted by molar-refractivity contribution is -0.107. The number of rotatable bonds is 4. The van der Waals surface area contributed by atoms with Gasteiger partial charge >= 0.3 is 0 Å². The van der Waals surface area contributed by atoms with Gasteiger partial charge in [-0.25, -0.2) is 4.99 Å². The zero-order chi connectivity index (χ0) is 16.1. The summed E-state index contributed by atoms with van der Waals surface area (Å²) in [4.78, 5) is 17.8. The Morgan fingerprint density at radius 1 is 1.09 bits per heavy atom. The first-order valence-electron chi connectivity index (χ1n) is 7.08. The second-order valence-electron chi connectivity index (χ2n) is 4.84. The van der Waals surface area contributed by atoms with Crippen LogP contribution >= 0.6 is 35.3 Å². The van der Waals surface area contributed by atoms with Crippen molar-refractivity contribution in [2.75, 3.05) is 6.26 Å². The summed E-state index contributed by atoms with van der Waals surface area (Å²) in [5.41, 5.74) is 2.77. The fourth-order valence-electron chi connectivity index (χ4n) is 2.03. The van der Waals surface area contributed by atoms with Crippen LogP contribution in [0.2, 0.25) is 0 Å². The van der Waals surface area contributed by atoms with Crippen molar-refractivity contribution in [2.24, 2.45) is 4.99 Å². The molecular weight excluding hydrogens is 342 g/mol. The average molecular weight is 358 g/mol. The van der Waals surface area contributed by atoms with Gasteiger partial charge in [0.25, 0.3) is 0 Å². The summed E-state index contributed by atoms with van der Waals surface area (Å²) >= 11 is 4.53. The number of nitrogens with zero attached hydrogens (tertiary/aromatic N) is 1.